The van der Waals surface area contributed by atoms with Gasteiger partial charge in [-0.3, -0.25) is 9.10 Å². The molecule has 0 aromatic heterocycles. The summed E-state index contributed by atoms with van der Waals surface area (Å²) in [6.07, 6.45) is -1.00. The number of carbonyl (C=O) groups excluding carboxylic acids is 1. The lowest BCUT2D eigenvalue weighted by atomic mass is 10.00. The van der Waals surface area contributed by atoms with Crippen LogP contribution in [0.3, 0.4) is 0 Å². The Hall–Kier alpha value is -3.03. The first-order valence-electron chi connectivity index (χ1n) is 10.6. The van der Waals surface area contributed by atoms with Crippen LogP contribution in [0, 0.1) is 13.8 Å². The number of sulfonamides is 1. The molecule has 3 aromatic carbocycles. The second-order valence-corrected chi connectivity index (χ2v) is 10.5. The molecular weight excluding hydrogens is 460 g/mol. The maximum atomic E-state index is 13.4. The predicted octanol–water partition coefficient (Wildman–Crippen LogP) is 4.79. The molecule has 1 N–H and O–H groups in total. The molecule has 1 aliphatic rings. The van der Waals surface area contributed by atoms with Crippen LogP contribution >= 0.6 is 11.6 Å². The Kier molecular flexibility index (Phi) is 6.36. The van der Waals surface area contributed by atoms with Crippen LogP contribution in [-0.2, 0) is 14.8 Å². The van der Waals surface area contributed by atoms with Crippen molar-refractivity contribution in [2.24, 2.45) is 0 Å². The number of fused-ring (bicyclic) bond motifs is 1. The molecule has 4 rings (SSSR count). The zero-order valence-corrected chi connectivity index (χ0v) is 20.2. The van der Waals surface area contributed by atoms with Gasteiger partial charge in [0, 0.05) is 5.02 Å². The summed E-state index contributed by atoms with van der Waals surface area (Å²) in [5.74, 6) is -0.0473. The number of benzene rings is 3. The minimum absolute atomic E-state index is 0.0893. The number of amides is 1. The molecule has 0 spiro atoms. The number of para-hydroxylation sites is 2. The summed E-state index contributed by atoms with van der Waals surface area (Å²) in [7, 11) is -3.94. The van der Waals surface area contributed by atoms with E-state index in [1.54, 1.807) is 24.3 Å². The van der Waals surface area contributed by atoms with Crippen molar-refractivity contribution in [1.82, 2.24) is 5.32 Å². The first kappa shape index (κ1) is 23.1. The Balaban J connectivity index is 1.62. The largest absolute Gasteiger partial charge is 0.476 e. The lowest BCUT2D eigenvalue weighted by Crippen LogP contribution is -2.51. The highest BCUT2D eigenvalue weighted by Crippen LogP contribution is 2.37. The summed E-state index contributed by atoms with van der Waals surface area (Å²) in [6.45, 7) is 5.77. The number of ether oxygens (including phenoxy) is 1. The van der Waals surface area contributed by atoms with Gasteiger partial charge in [0.25, 0.3) is 15.9 Å². The van der Waals surface area contributed by atoms with Crippen LogP contribution in [0.4, 0.5) is 5.69 Å². The first-order valence-corrected chi connectivity index (χ1v) is 12.4. The van der Waals surface area contributed by atoms with Gasteiger partial charge in [-0.2, -0.15) is 0 Å². The van der Waals surface area contributed by atoms with Gasteiger partial charge in [0.2, 0.25) is 0 Å². The molecule has 0 unspecified atom stereocenters. The maximum absolute atomic E-state index is 13.4. The molecule has 3 aromatic rings. The lowest BCUT2D eigenvalue weighted by molar-refractivity contribution is -0.128. The van der Waals surface area contributed by atoms with Crippen LogP contribution in [-0.4, -0.2) is 27.0 Å². The second kappa shape index (κ2) is 9.08. The van der Waals surface area contributed by atoms with Gasteiger partial charge in [-0.05, 0) is 68.3 Å². The second-order valence-electron chi connectivity index (χ2n) is 8.15. The number of hydrogen-bond donors (Lipinski definition) is 1. The van der Waals surface area contributed by atoms with Crippen LogP contribution in [0.15, 0.2) is 71.6 Å². The highest BCUT2D eigenvalue weighted by Gasteiger charge is 2.37. The molecule has 0 radical (unpaired) electrons. The van der Waals surface area contributed by atoms with Gasteiger partial charge in [0.05, 0.1) is 23.2 Å². The molecule has 8 heteroatoms. The third-order valence-corrected chi connectivity index (χ3v) is 7.73. The van der Waals surface area contributed by atoms with Crippen LogP contribution in [0.2, 0.25) is 5.02 Å². The third-order valence-electron chi connectivity index (χ3n) is 5.68. The van der Waals surface area contributed by atoms with E-state index in [-0.39, 0.29) is 23.4 Å². The Morgan fingerprint density at radius 1 is 1.09 bits per heavy atom. The van der Waals surface area contributed by atoms with Crippen LogP contribution in [0.25, 0.3) is 0 Å². The van der Waals surface area contributed by atoms with Crippen molar-refractivity contribution in [2.45, 2.75) is 37.8 Å². The van der Waals surface area contributed by atoms with E-state index in [2.05, 4.69) is 11.4 Å². The maximum Gasteiger partial charge on any atom is 0.264 e. The summed E-state index contributed by atoms with van der Waals surface area (Å²) < 4.78 is 34.0. The Morgan fingerprint density at radius 2 is 1.79 bits per heavy atom. The van der Waals surface area contributed by atoms with Crippen molar-refractivity contribution < 1.29 is 17.9 Å². The molecule has 33 heavy (non-hydrogen) atoms. The van der Waals surface area contributed by atoms with Crippen molar-refractivity contribution in [2.75, 3.05) is 10.8 Å². The predicted molar refractivity (Wildman–Crippen MR) is 129 cm³/mol. The van der Waals surface area contributed by atoms with E-state index >= 15 is 0 Å². The average molecular weight is 485 g/mol. The van der Waals surface area contributed by atoms with E-state index in [9.17, 15) is 13.2 Å². The first-order chi connectivity index (χ1) is 15.7. The smallest absolute Gasteiger partial charge is 0.264 e. The Bertz CT molecular complexity index is 1290. The molecule has 6 nitrogen and oxygen atoms in total. The van der Waals surface area contributed by atoms with Gasteiger partial charge in [-0.15, -0.1) is 0 Å². The topological polar surface area (TPSA) is 75.7 Å². The van der Waals surface area contributed by atoms with Crippen molar-refractivity contribution >= 4 is 33.2 Å². The Labute approximate surface area is 199 Å². The van der Waals surface area contributed by atoms with E-state index in [1.165, 1.54) is 28.6 Å². The minimum atomic E-state index is -3.94. The number of aryl methyl sites for hydroxylation is 2. The zero-order valence-electron chi connectivity index (χ0n) is 18.6. The normalized spacial score (nSPS) is 16.5. The van der Waals surface area contributed by atoms with E-state index in [0.29, 0.717) is 16.5 Å². The van der Waals surface area contributed by atoms with E-state index < -0.39 is 16.1 Å². The lowest BCUT2D eigenvalue weighted by Gasteiger charge is -2.35. The van der Waals surface area contributed by atoms with Gasteiger partial charge in [0.1, 0.15) is 5.75 Å². The fourth-order valence-corrected chi connectivity index (χ4v) is 5.60. The number of hydrogen-bond acceptors (Lipinski definition) is 4. The van der Waals surface area contributed by atoms with Gasteiger partial charge >= 0.3 is 0 Å². The van der Waals surface area contributed by atoms with Crippen molar-refractivity contribution in [3.05, 3.63) is 88.4 Å². The average Bonchev–Trinajstić information content (AvgIpc) is 2.78. The SMILES string of the molecule is Cc1ccc([C@@H](C)NC(=O)[C@H]2CN(S(=O)(=O)c3ccc(Cl)cc3)c3ccccc3O2)c(C)c1. The molecule has 1 heterocycles. The van der Waals surface area contributed by atoms with Crippen LogP contribution in [0.5, 0.6) is 5.75 Å². The highest BCUT2D eigenvalue weighted by atomic mass is 35.5. The fourth-order valence-electron chi connectivity index (χ4n) is 4.00. The summed E-state index contributed by atoms with van der Waals surface area (Å²) in [5.41, 5.74) is 3.60. The number of halogens is 1. The number of nitrogens with one attached hydrogen (secondary N) is 1. The molecule has 1 aliphatic heterocycles. The molecule has 172 valence electrons. The van der Waals surface area contributed by atoms with Gasteiger partial charge in [0.15, 0.2) is 6.10 Å². The van der Waals surface area contributed by atoms with Crippen LogP contribution in [0.1, 0.15) is 29.7 Å². The summed E-state index contributed by atoms with van der Waals surface area (Å²) in [4.78, 5) is 13.2. The van der Waals surface area contributed by atoms with Gasteiger partial charge in [-0.25, -0.2) is 8.42 Å². The molecule has 1 amide bonds. The molecule has 0 aliphatic carbocycles. The minimum Gasteiger partial charge on any atom is -0.476 e. The molecular formula is C25H25ClN2O4S. The van der Waals surface area contributed by atoms with Crippen molar-refractivity contribution in [3.63, 3.8) is 0 Å². The van der Waals surface area contributed by atoms with E-state index in [1.807, 2.05) is 32.9 Å². The highest BCUT2D eigenvalue weighted by molar-refractivity contribution is 7.92. The Morgan fingerprint density at radius 3 is 2.48 bits per heavy atom. The zero-order chi connectivity index (χ0) is 23.8. The number of nitrogens with zero attached hydrogens (tertiary/aromatic N) is 1. The van der Waals surface area contributed by atoms with Gasteiger partial charge in [-0.1, -0.05) is 47.5 Å². The fraction of sp³-hybridized carbons (Fsp3) is 0.240. The molecule has 0 fully saturated rings. The van der Waals surface area contributed by atoms with Gasteiger partial charge < -0.3 is 10.1 Å². The van der Waals surface area contributed by atoms with Crippen molar-refractivity contribution in [3.8, 4) is 5.75 Å². The van der Waals surface area contributed by atoms with Crippen LogP contribution < -0.4 is 14.4 Å². The molecule has 0 bridgehead atoms. The summed E-state index contributed by atoms with van der Waals surface area (Å²) >= 11 is 5.93. The quantitative estimate of drug-likeness (QED) is 0.565. The number of carbonyl (C=O) groups is 1. The standard InChI is InChI=1S/C25H25ClN2O4S/c1-16-8-13-21(17(2)14-16)18(3)27-25(29)24-15-28(22-6-4-5-7-23(22)32-24)33(30,31)20-11-9-19(26)10-12-20/h4-14,18,24H,15H2,1-3H3,(H,27,29)/t18-,24-/m1/s1. The number of anilines is 1. The van der Waals surface area contributed by atoms with Crippen molar-refractivity contribution in [1.29, 1.82) is 0 Å². The van der Waals surface area contributed by atoms with E-state index in [4.69, 9.17) is 16.3 Å². The van der Waals surface area contributed by atoms with E-state index in [0.717, 1.165) is 16.7 Å². The monoisotopic (exact) mass is 484 g/mol. The summed E-state index contributed by atoms with van der Waals surface area (Å²) in [5, 5.41) is 3.41. The molecule has 2 atom stereocenters. The molecule has 0 saturated heterocycles. The number of rotatable bonds is 5. The summed E-state index contributed by atoms with van der Waals surface area (Å²) in [6, 6.07) is 18.5. The molecule has 0 saturated carbocycles. The third kappa shape index (κ3) is 4.70.